The highest BCUT2D eigenvalue weighted by Gasteiger charge is 2.16. The first-order valence-electron chi connectivity index (χ1n) is 4.15. The van der Waals surface area contributed by atoms with Crippen molar-refractivity contribution < 1.29 is 4.79 Å². The fourth-order valence-electron chi connectivity index (χ4n) is 1.38. The van der Waals surface area contributed by atoms with Crippen molar-refractivity contribution in [3.8, 4) is 0 Å². The Labute approximate surface area is 86.9 Å². The van der Waals surface area contributed by atoms with Gasteiger partial charge in [-0.2, -0.15) is 0 Å². The molecule has 1 aliphatic heterocycles. The molecule has 0 fully saturated rings. The Morgan fingerprint density at radius 2 is 2.14 bits per heavy atom. The van der Waals surface area contributed by atoms with Crippen LogP contribution in [-0.2, 0) is 4.79 Å². The molecule has 0 aliphatic carbocycles. The van der Waals surface area contributed by atoms with Crippen LogP contribution in [0.15, 0.2) is 42.6 Å². The quantitative estimate of drug-likeness (QED) is 0.750. The van der Waals surface area contributed by atoms with E-state index in [1.165, 1.54) is 6.08 Å². The second kappa shape index (κ2) is 3.31. The molecule has 0 atom stereocenters. The molecule has 14 heavy (non-hydrogen) atoms. The minimum absolute atomic E-state index is 0.134. The van der Waals surface area contributed by atoms with E-state index in [9.17, 15) is 4.79 Å². The van der Waals surface area contributed by atoms with E-state index >= 15 is 0 Å². The van der Waals surface area contributed by atoms with Crippen LogP contribution in [0.1, 0.15) is 5.56 Å². The Hall–Kier alpha value is -1.54. The van der Waals surface area contributed by atoms with Crippen molar-refractivity contribution in [3.63, 3.8) is 0 Å². The van der Waals surface area contributed by atoms with Gasteiger partial charge in [0, 0.05) is 22.4 Å². The van der Waals surface area contributed by atoms with E-state index in [1.807, 2.05) is 12.1 Å². The van der Waals surface area contributed by atoms with Gasteiger partial charge >= 0.3 is 0 Å². The normalized spacial score (nSPS) is 15.4. The van der Waals surface area contributed by atoms with Crippen molar-refractivity contribution in [1.29, 1.82) is 0 Å². The van der Waals surface area contributed by atoms with Gasteiger partial charge in [-0.1, -0.05) is 30.3 Å². The average molecular weight is 206 g/mol. The van der Waals surface area contributed by atoms with E-state index in [-0.39, 0.29) is 5.91 Å². The van der Waals surface area contributed by atoms with Gasteiger partial charge in [0.15, 0.2) is 0 Å². The molecular formula is C11H8ClNO. The van der Waals surface area contributed by atoms with E-state index in [1.54, 1.807) is 12.1 Å². The lowest BCUT2D eigenvalue weighted by atomic mass is 10.1. The molecule has 2 nitrogen and oxygen atoms in total. The minimum Gasteiger partial charge on any atom is -0.322 e. The number of halogens is 1. The Morgan fingerprint density at radius 3 is 2.71 bits per heavy atom. The minimum atomic E-state index is -0.134. The summed E-state index contributed by atoms with van der Waals surface area (Å²) in [6, 6.07) is 7.33. The summed E-state index contributed by atoms with van der Waals surface area (Å²) in [6.07, 6.45) is 1.52. The monoisotopic (exact) mass is 205 g/mol. The number of rotatable bonds is 1. The molecule has 0 radical (unpaired) electrons. The summed E-state index contributed by atoms with van der Waals surface area (Å²) < 4.78 is 0. The molecule has 0 aromatic heterocycles. The third-order valence-electron chi connectivity index (χ3n) is 2.01. The SMILES string of the molecule is C=C1NC(=O)C=C1c1cccc(Cl)c1. The third-order valence-corrected chi connectivity index (χ3v) is 2.25. The van der Waals surface area contributed by atoms with Crippen LogP contribution in [0.3, 0.4) is 0 Å². The molecule has 1 heterocycles. The number of hydrogen-bond acceptors (Lipinski definition) is 1. The van der Waals surface area contributed by atoms with Gasteiger partial charge in [0.2, 0.25) is 5.91 Å². The topological polar surface area (TPSA) is 29.1 Å². The predicted octanol–water partition coefficient (Wildman–Crippen LogP) is 2.37. The summed E-state index contributed by atoms with van der Waals surface area (Å²) >= 11 is 5.85. The molecule has 0 saturated carbocycles. The molecule has 1 amide bonds. The maximum Gasteiger partial charge on any atom is 0.249 e. The van der Waals surface area contributed by atoms with Crippen molar-refractivity contribution in [2.24, 2.45) is 0 Å². The molecule has 0 unspecified atom stereocenters. The fourth-order valence-corrected chi connectivity index (χ4v) is 1.57. The van der Waals surface area contributed by atoms with Crippen LogP contribution in [0, 0.1) is 0 Å². The number of amides is 1. The number of carbonyl (C=O) groups is 1. The maximum absolute atomic E-state index is 11.0. The molecule has 1 aliphatic rings. The second-order valence-electron chi connectivity index (χ2n) is 3.04. The highest BCUT2D eigenvalue weighted by molar-refractivity contribution is 6.30. The molecular weight excluding hydrogens is 198 g/mol. The van der Waals surface area contributed by atoms with Crippen LogP contribution in [-0.4, -0.2) is 5.91 Å². The molecule has 3 heteroatoms. The van der Waals surface area contributed by atoms with Crippen molar-refractivity contribution >= 4 is 23.1 Å². The Bertz CT molecular complexity index is 448. The molecule has 0 bridgehead atoms. The van der Waals surface area contributed by atoms with Gasteiger partial charge in [-0.3, -0.25) is 4.79 Å². The van der Waals surface area contributed by atoms with Gasteiger partial charge in [-0.25, -0.2) is 0 Å². The second-order valence-corrected chi connectivity index (χ2v) is 3.47. The van der Waals surface area contributed by atoms with Crippen LogP contribution in [0.4, 0.5) is 0 Å². The highest BCUT2D eigenvalue weighted by atomic mass is 35.5. The fraction of sp³-hybridized carbons (Fsp3) is 0. The van der Waals surface area contributed by atoms with Crippen molar-refractivity contribution in [2.45, 2.75) is 0 Å². The Balaban J connectivity index is 2.45. The number of hydrogen-bond donors (Lipinski definition) is 1. The average Bonchev–Trinajstić information content (AvgIpc) is 2.45. The molecule has 1 N–H and O–H groups in total. The first-order chi connectivity index (χ1) is 6.66. The molecule has 0 spiro atoms. The molecule has 1 aromatic rings. The molecule has 70 valence electrons. The molecule has 2 rings (SSSR count). The number of allylic oxidation sites excluding steroid dienone is 1. The summed E-state index contributed by atoms with van der Waals surface area (Å²) in [7, 11) is 0. The van der Waals surface area contributed by atoms with Gasteiger partial charge in [0.25, 0.3) is 0 Å². The van der Waals surface area contributed by atoms with Crippen molar-refractivity contribution in [3.05, 3.63) is 53.2 Å². The molecule has 1 aromatic carbocycles. The lowest BCUT2D eigenvalue weighted by Gasteiger charge is -2.03. The van der Waals surface area contributed by atoms with Crippen LogP contribution in [0.25, 0.3) is 5.57 Å². The lowest BCUT2D eigenvalue weighted by molar-refractivity contribution is -0.115. The van der Waals surface area contributed by atoms with Crippen LogP contribution >= 0.6 is 11.6 Å². The summed E-state index contributed by atoms with van der Waals surface area (Å²) in [5.74, 6) is -0.134. The van der Waals surface area contributed by atoms with Gasteiger partial charge in [-0.05, 0) is 17.7 Å². The smallest absolute Gasteiger partial charge is 0.249 e. The van der Waals surface area contributed by atoms with Gasteiger partial charge in [0.1, 0.15) is 0 Å². The van der Waals surface area contributed by atoms with E-state index in [0.29, 0.717) is 10.7 Å². The van der Waals surface area contributed by atoms with Crippen LogP contribution in [0.5, 0.6) is 0 Å². The van der Waals surface area contributed by atoms with Gasteiger partial charge < -0.3 is 5.32 Å². The summed E-state index contributed by atoms with van der Waals surface area (Å²) in [5, 5.41) is 3.26. The molecule has 0 saturated heterocycles. The maximum atomic E-state index is 11.0. The Morgan fingerprint density at radius 1 is 1.36 bits per heavy atom. The first kappa shape index (κ1) is 9.03. The largest absolute Gasteiger partial charge is 0.322 e. The zero-order valence-electron chi connectivity index (χ0n) is 7.38. The third kappa shape index (κ3) is 1.56. The number of benzene rings is 1. The van der Waals surface area contributed by atoms with E-state index < -0.39 is 0 Å². The zero-order chi connectivity index (χ0) is 10.1. The van der Waals surface area contributed by atoms with E-state index in [4.69, 9.17) is 11.6 Å². The highest BCUT2D eigenvalue weighted by Crippen LogP contribution is 2.25. The summed E-state index contributed by atoms with van der Waals surface area (Å²) in [6.45, 7) is 3.75. The van der Waals surface area contributed by atoms with Crippen LogP contribution < -0.4 is 5.32 Å². The number of carbonyl (C=O) groups excluding carboxylic acids is 1. The van der Waals surface area contributed by atoms with E-state index in [2.05, 4.69) is 11.9 Å². The van der Waals surface area contributed by atoms with Gasteiger partial charge in [-0.15, -0.1) is 0 Å². The van der Waals surface area contributed by atoms with E-state index in [0.717, 1.165) is 11.1 Å². The predicted molar refractivity (Wildman–Crippen MR) is 56.7 cm³/mol. The zero-order valence-corrected chi connectivity index (χ0v) is 8.14. The van der Waals surface area contributed by atoms with Crippen molar-refractivity contribution in [1.82, 2.24) is 5.32 Å². The Kier molecular flexibility index (Phi) is 2.14. The number of nitrogens with one attached hydrogen (secondary N) is 1. The lowest BCUT2D eigenvalue weighted by Crippen LogP contribution is -2.12. The van der Waals surface area contributed by atoms with Gasteiger partial charge in [0.05, 0.1) is 0 Å². The standard InChI is InChI=1S/C11H8ClNO/c1-7-10(6-11(14)13-7)8-3-2-4-9(12)5-8/h2-6H,1H2,(H,13,14). The summed E-state index contributed by atoms with van der Waals surface area (Å²) in [4.78, 5) is 11.0. The summed E-state index contributed by atoms with van der Waals surface area (Å²) in [5.41, 5.74) is 2.33. The first-order valence-corrected chi connectivity index (χ1v) is 4.52. The van der Waals surface area contributed by atoms with Crippen LogP contribution in [0.2, 0.25) is 5.02 Å². The van der Waals surface area contributed by atoms with Crippen molar-refractivity contribution in [2.75, 3.05) is 0 Å².